The van der Waals surface area contributed by atoms with Crippen LogP contribution in [-0.2, 0) is 4.79 Å². The van der Waals surface area contributed by atoms with Gasteiger partial charge in [-0.3, -0.25) is 14.5 Å². The molecule has 1 N–H and O–H groups in total. The molecule has 0 radical (unpaired) electrons. The lowest BCUT2D eigenvalue weighted by atomic mass is 10.1. The van der Waals surface area contributed by atoms with Crippen LogP contribution < -0.4 is 10.1 Å². The molecule has 3 rings (SSSR count). The number of benzene rings is 2. The Labute approximate surface area is 166 Å². The van der Waals surface area contributed by atoms with Crippen molar-refractivity contribution >= 4 is 11.8 Å². The van der Waals surface area contributed by atoms with Crippen LogP contribution in [0.5, 0.6) is 5.75 Å². The van der Waals surface area contributed by atoms with Crippen LogP contribution in [0, 0.1) is 0 Å². The third-order valence-corrected chi connectivity index (χ3v) is 5.04. The minimum Gasteiger partial charge on any atom is -0.497 e. The van der Waals surface area contributed by atoms with E-state index in [4.69, 9.17) is 4.74 Å². The molecule has 1 saturated heterocycles. The summed E-state index contributed by atoms with van der Waals surface area (Å²) in [5.41, 5.74) is 1.74. The van der Waals surface area contributed by atoms with Crippen molar-refractivity contribution in [1.29, 1.82) is 0 Å². The standard InChI is InChI=1S/C22H27N3O3/c1-17(18-6-4-3-5-7-18)23-21(26)16-24-12-14-25(15-13-24)22(27)19-8-10-20(28-2)11-9-19/h3-11,17H,12-16H2,1-2H3,(H,23,26). The molecule has 2 amide bonds. The van der Waals surface area contributed by atoms with Gasteiger partial charge < -0.3 is 15.0 Å². The molecule has 1 unspecified atom stereocenters. The number of hydrogen-bond acceptors (Lipinski definition) is 4. The van der Waals surface area contributed by atoms with Gasteiger partial charge in [-0.2, -0.15) is 0 Å². The van der Waals surface area contributed by atoms with E-state index in [2.05, 4.69) is 10.2 Å². The second-order valence-electron chi connectivity index (χ2n) is 7.00. The third-order valence-electron chi connectivity index (χ3n) is 5.04. The Balaban J connectivity index is 1.45. The smallest absolute Gasteiger partial charge is 0.253 e. The summed E-state index contributed by atoms with van der Waals surface area (Å²) in [7, 11) is 1.60. The van der Waals surface area contributed by atoms with Gasteiger partial charge in [0, 0.05) is 31.7 Å². The number of nitrogens with one attached hydrogen (secondary N) is 1. The molecule has 1 aliphatic rings. The van der Waals surface area contributed by atoms with Crippen LogP contribution in [0.1, 0.15) is 28.9 Å². The fourth-order valence-corrected chi connectivity index (χ4v) is 3.34. The fraction of sp³-hybridized carbons (Fsp3) is 0.364. The highest BCUT2D eigenvalue weighted by Crippen LogP contribution is 2.15. The first-order chi connectivity index (χ1) is 13.6. The number of piperazine rings is 1. The summed E-state index contributed by atoms with van der Waals surface area (Å²) in [5, 5.41) is 3.04. The summed E-state index contributed by atoms with van der Waals surface area (Å²) in [6, 6.07) is 17.1. The maximum Gasteiger partial charge on any atom is 0.253 e. The van der Waals surface area contributed by atoms with Crippen LogP contribution in [0.3, 0.4) is 0 Å². The van der Waals surface area contributed by atoms with Gasteiger partial charge in [0.15, 0.2) is 0 Å². The lowest BCUT2D eigenvalue weighted by Gasteiger charge is -2.34. The molecule has 0 aromatic heterocycles. The van der Waals surface area contributed by atoms with E-state index in [1.807, 2.05) is 42.2 Å². The predicted octanol–water partition coefficient (Wildman–Crippen LogP) is 2.33. The number of amides is 2. The predicted molar refractivity (Wildman–Crippen MR) is 108 cm³/mol. The van der Waals surface area contributed by atoms with Gasteiger partial charge in [-0.05, 0) is 36.8 Å². The van der Waals surface area contributed by atoms with E-state index in [1.54, 1.807) is 31.4 Å². The number of nitrogens with zero attached hydrogens (tertiary/aromatic N) is 2. The van der Waals surface area contributed by atoms with Crippen molar-refractivity contribution in [3.63, 3.8) is 0 Å². The average molecular weight is 381 g/mol. The molecule has 28 heavy (non-hydrogen) atoms. The zero-order valence-electron chi connectivity index (χ0n) is 16.4. The summed E-state index contributed by atoms with van der Waals surface area (Å²) in [6.07, 6.45) is 0. The Kier molecular flexibility index (Phi) is 6.66. The number of ether oxygens (including phenoxy) is 1. The first-order valence-electron chi connectivity index (χ1n) is 9.57. The van der Waals surface area contributed by atoms with Gasteiger partial charge in [-0.25, -0.2) is 0 Å². The second-order valence-corrected chi connectivity index (χ2v) is 7.00. The Morgan fingerprint density at radius 3 is 2.25 bits per heavy atom. The summed E-state index contributed by atoms with van der Waals surface area (Å²) in [6.45, 7) is 4.95. The van der Waals surface area contributed by atoms with E-state index in [0.29, 0.717) is 38.3 Å². The van der Waals surface area contributed by atoms with E-state index in [9.17, 15) is 9.59 Å². The number of methoxy groups -OCH3 is 1. The van der Waals surface area contributed by atoms with Crippen molar-refractivity contribution in [2.24, 2.45) is 0 Å². The molecule has 6 nitrogen and oxygen atoms in total. The molecule has 0 bridgehead atoms. The maximum atomic E-state index is 12.6. The summed E-state index contributed by atoms with van der Waals surface area (Å²) < 4.78 is 5.13. The lowest BCUT2D eigenvalue weighted by Crippen LogP contribution is -2.51. The van der Waals surface area contributed by atoms with Crippen LogP contribution >= 0.6 is 0 Å². The monoisotopic (exact) mass is 381 g/mol. The van der Waals surface area contributed by atoms with Gasteiger partial charge in [0.05, 0.1) is 19.7 Å². The molecular weight excluding hydrogens is 354 g/mol. The van der Waals surface area contributed by atoms with E-state index >= 15 is 0 Å². The van der Waals surface area contributed by atoms with Gasteiger partial charge in [-0.15, -0.1) is 0 Å². The molecule has 1 fully saturated rings. The van der Waals surface area contributed by atoms with E-state index in [-0.39, 0.29) is 17.9 Å². The minimum absolute atomic E-state index is 0.00582. The molecule has 0 saturated carbocycles. The van der Waals surface area contributed by atoms with Crippen molar-refractivity contribution in [1.82, 2.24) is 15.1 Å². The van der Waals surface area contributed by atoms with E-state index in [1.165, 1.54) is 0 Å². The average Bonchev–Trinajstić information content (AvgIpc) is 2.74. The Morgan fingerprint density at radius 1 is 1.00 bits per heavy atom. The van der Waals surface area contributed by atoms with Crippen molar-refractivity contribution in [2.45, 2.75) is 13.0 Å². The summed E-state index contributed by atoms with van der Waals surface area (Å²) >= 11 is 0. The van der Waals surface area contributed by atoms with Crippen molar-refractivity contribution in [3.05, 3.63) is 65.7 Å². The number of rotatable bonds is 6. The topological polar surface area (TPSA) is 61.9 Å². The Hall–Kier alpha value is -2.86. The van der Waals surface area contributed by atoms with Gasteiger partial charge in [0.2, 0.25) is 5.91 Å². The molecule has 148 valence electrons. The van der Waals surface area contributed by atoms with Gasteiger partial charge in [-0.1, -0.05) is 30.3 Å². The van der Waals surface area contributed by atoms with Crippen LogP contribution in [0.4, 0.5) is 0 Å². The van der Waals surface area contributed by atoms with Gasteiger partial charge >= 0.3 is 0 Å². The lowest BCUT2D eigenvalue weighted by molar-refractivity contribution is -0.123. The quantitative estimate of drug-likeness (QED) is 0.834. The number of carbonyl (C=O) groups is 2. The van der Waals surface area contributed by atoms with Crippen LogP contribution in [0.25, 0.3) is 0 Å². The second kappa shape index (κ2) is 9.37. The summed E-state index contributed by atoms with van der Waals surface area (Å²) in [5.74, 6) is 0.757. The normalized spacial score (nSPS) is 15.7. The SMILES string of the molecule is COc1ccc(C(=O)N2CCN(CC(=O)NC(C)c3ccccc3)CC2)cc1. The highest BCUT2D eigenvalue weighted by molar-refractivity contribution is 5.94. The minimum atomic E-state index is -0.0216. The highest BCUT2D eigenvalue weighted by Gasteiger charge is 2.23. The van der Waals surface area contributed by atoms with Crippen molar-refractivity contribution < 1.29 is 14.3 Å². The first-order valence-corrected chi connectivity index (χ1v) is 9.57. The van der Waals surface area contributed by atoms with E-state index < -0.39 is 0 Å². The molecule has 0 aliphatic carbocycles. The van der Waals surface area contributed by atoms with Crippen molar-refractivity contribution in [2.75, 3.05) is 39.8 Å². The third kappa shape index (κ3) is 5.10. The Bertz CT molecular complexity index is 784. The van der Waals surface area contributed by atoms with Crippen LogP contribution in [0.2, 0.25) is 0 Å². The summed E-state index contributed by atoms with van der Waals surface area (Å²) in [4.78, 5) is 28.9. The van der Waals surface area contributed by atoms with E-state index in [0.717, 1.165) is 11.3 Å². The highest BCUT2D eigenvalue weighted by atomic mass is 16.5. The van der Waals surface area contributed by atoms with Gasteiger partial charge in [0.1, 0.15) is 5.75 Å². The van der Waals surface area contributed by atoms with Crippen LogP contribution in [0.15, 0.2) is 54.6 Å². The number of carbonyl (C=O) groups excluding carboxylic acids is 2. The Morgan fingerprint density at radius 2 is 1.64 bits per heavy atom. The molecular formula is C22H27N3O3. The number of hydrogen-bond donors (Lipinski definition) is 1. The zero-order chi connectivity index (χ0) is 19.9. The molecule has 2 aromatic rings. The van der Waals surface area contributed by atoms with Crippen molar-refractivity contribution in [3.8, 4) is 5.75 Å². The molecule has 0 spiro atoms. The van der Waals surface area contributed by atoms with Crippen LogP contribution in [-0.4, -0.2) is 61.4 Å². The molecule has 1 aliphatic heterocycles. The first kappa shape index (κ1) is 19.9. The van der Waals surface area contributed by atoms with Gasteiger partial charge in [0.25, 0.3) is 5.91 Å². The largest absolute Gasteiger partial charge is 0.497 e. The zero-order valence-corrected chi connectivity index (χ0v) is 16.4. The molecule has 1 heterocycles. The molecule has 1 atom stereocenters. The molecule has 2 aromatic carbocycles. The fourth-order valence-electron chi connectivity index (χ4n) is 3.34. The molecule has 6 heteroatoms. The maximum absolute atomic E-state index is 12.6.